The van der Waals surface area contributed by atoms with Gasteiger partial charge in [-0.25, -0.2) is 8.42 Å². The molecule has 0 unspecified atom stereocenters. The van der Waals surface area contributed by atoms with Gasteiger partial charge in [0.15, 0.2) is 0 Å². The number of nitrogens with two attached hydrogens (primary N) is 1. The van der Waals surface area contributed by atoms with Crippen molar-refractivity contribution in [1.82, 2.24) is 4.31 Å². The van der Waals surface area contributed by atoms with Crippen molar-refractivity contribution >= 4 is 21.4 Å². The summed E-state index contributed by atoms with van der Waals surface area (Å²) in [5, 5.41) is 1.50. The van der Waals surface area contributed by atoms with Crippen LogP contribution in [-0.2, 0) is 16.6 Å². The van der Waals surface area contributed by atoms with Crippen LogP contribution in [0.1, 0.15) is 18.7 Å². The number of hydrogen-bond donors (Lipinski definition) is 1. The van der Waals surface area contributed by atoms with Crippen LogP contribution in [0.5, 0.6) is 0 Å². The minimum absolute atomic E-state index is 0.0236. The predicted molar refractivity (Wildman–Crippen MR) is 67.3 cm³/mol. The van der Waals surface area contributed by atoms with Crippen LogP contribution in [0, 0.1) is 0 Å². The Kier molecular flexibility index (Phi) is 4.99. The van der Waals surface area contributed by atoms with Crippen LogP contribution in [0.2, 0.25) is 0 Å². The Morgan fingerprint density at radius 3 is 2.42 bits per heavy atom. The van der Waals surface area contributed by atoms with E-state index in [4.69, 9.17) is 5.73 Å². The van der Waals surface area contributed by atoms with Gasteiger partial charge in [-0.2, -0.15) is 17.5 Å². The normalized spacial score (nSPS) is 13.5. The molecule has 1 aromatic heterocycles. The Balaban J connectivity index is 3.21. The standard InChI is InChI=1S/C10H15F3N2O2S2/c1-7(2)15(6-10(11,12)13)19(16,17)9-3-4-18-8(9)5-14/h3-4,7H,5-6,14H2,1-2H3. The molecule has 0 amide bonds. The molecule has 19 heavy (non-hydrogen) atoms. The molecule has 1 aromatic rings. The fourth-order valence-electron chi connectivity index (χ4n) is 1.56. The van der Waals surface area contributed by atoms with Crippen LogP contribution in [0.25, 0.3) is 0 Å². The fraction of sp³-hybridized carbons (Fsp3) is 0.600. The summed E-state index contributed by atoms with van der Waals surface area (Å²) in [5.41, 5.74) is 5.40. The van der Waals surface area contributed by atoms with Crippen molar-refractivity contribution in [3.63, 3.8) is 0 Å². The monoisotopic (exact) mass is 316 g/mol. The highest BCUT2D eigenvalue weighted by Crippen LogP contribution is 2.28. The number of rotatable bonds is 5. The molecule has 0 fully saturated rings. The average Bonchev–Trinajstić information content (AvgIpc) is 2.72. The lowest BCUT2D eigenvalue weighted by Crippen LogP contribution is -2.43. The molecule has 9 heteroatoms. The van der Waals surface area contributed by atoms with E-state index in [9.17, 15) is 21.6 Å². The third-order valence-corrected chi connectivity index (χ3v) is 5.57. The van der Waals surface area contributed by atoms with Crippen molar-refractivity contribution in [3.05, 3.63) is 16.3 Å². The summed E-state index contributed by atoms with van der Waals surface area (Å²) in [6.07, 6.45) is -4.59. The molecule has 1 rings (SSSR count). The molecule has 0 aliphatic rings. The van der Waals surface area contributed by atoms with Crippen molar-refractivity contribution in [2.75, 3.05) is 6.54 Å². The van der Waals surface area contributed by atoms with Crippen LogP contribution < -0.4 is 5.73 Å². The lowest BCUT2D eigenvalue weighted by Gasteiger charge is -2.26. The van der Waals surface area contributed by atoms with Gasteiger partial charge >= 0.3 is 6.18 Å². The van der Waals surface area contributed by atoms with E-state index in [1.807, 2.05) is 0 Å². The summed E-state index contributed by atoms with van der Waals surface area (Å²) in [6.45, 7) is 1.27. The minimum Gasteiger partial charge on any atom is -0.326 e. The molecular formula is C10H15F3N2O2S2. The van der Waals surface area contributed by atoms with Crippen LogP contribution in [0.3, 0.4) is 0 Å². The number of halogens is 3. The number of alkyl halides is 3. The van der Waals surface area contributed by atoms with Crippen molar-refractivity contribution in [3.8, 4) is 0 Å². The first-order valence-corrected chi connectivity index (χ1v) is 7.76. The van der Waals surface area contributed by atoms with E-state index in [2.05, 4.69) is 0 Å². The topological polar surface area (TPSA) is 63.4 Å². The molecule has 0 bridgehead atoms. The zero-order valence-corrected chi connectivity index (χ0v) is 12.1. The summed E-state index contributed by atoms with van der Waals surface area (Å²) in [6, 6.07) is 0.491. The van der Waals surface area contributed by atoms with E-state index in [1.165, 1.54) is 25.3 Å². The maximum absolute atomic E-state index is 12.5. The molecule has 0 aliphatic carbocycles. The van der Waals surface area contributed by atoms with E-state index in [0.717, 1.165) is 11.3 Å². The maximum atomic E-state index is 12.5. The average molecular weight is 316 g/mol. The van der Waals surface area contributed by atoms with E-state index in [-0.39, 0.29) is 11.4 Å². The van der Waals surface area contributed by atoms with Gasteiger partial charge in [0.25, 0.3) is 0 Å². The van der Waals surface area contributed by atoms with E-state index in [1.54, 1.807) is 0 Å². The molecule has 0 aliphatic heterocycles. The molecule has 0 atom stereocenters. The largest absolute Gasteiger partial charge is 0.402 e. The van der Waals surface area contributed by atoms with Gasteiger partial charge in [0.1, 0.15) is 6.54 Å². The van der Waals surface area contributed by atoms with Crippen LogP contribution in [-0.4, -0.2) is 31.5 Å². The zero-order chi connectivity index (χ0) is 14.8. The maximum Gasteiger partial charge on any atom is 0.402 e. The van der Waals surface area contributed by atoms with Crippen LogP contribution in [0.15, 0.2) is 16.3 Å². The van der Waals surface area contributed by atoms with Crippen LogP contribution in [0.4, 0.5) is 13.2 Å². The van der Waals surface area contributed by atoms with Crippen LogP contribution >= 0.6 is 11.3 Å². The number of thiophene rings is 1. The molecule has 0 saturated carbocycles. The quantitative estimate of drug-likeness (QED) is 0.905. The van der Waals surface area contributed by atoms with Gasteiger partial charge < -0.3 is 5.73 Å². The highest BCUT2D eigenvalue weighted by Gasteiger charge is 2.39. The van der Waals surface area contributed by atoms with E-state index < -0.39 is 28.8 Å². The number of nitrogens with zero attached hydrogens (tertiary/aromatic N) is 1. The molecule has 0 spiro atoms. The second-order valence-electron chi connectivity index (χ2n) is 4.17. The smallest absolute Gasteiger partial charge is 0.326 e. The Morgan fingerprint density at radius 2 is 2.00 bits per heavy atom. The first-order chi connectivity index (χ1) is 8.59. The zero-order valence-electron chi connectivity index (χ0n) is 10.4. The van der Waals surface area contributed by atoms with Gasteiger partial charge in [0.05, 0.1) is 4.90 Å². The Morgan fingerprint density at radius 1 is 1.42 bits per heavy atom. The lowest BCUT2D eigenvalue weighted by molar-refractivity contribution is -0.138. The van der Waals surface area contributed by atoms with Crippen molar-refractivity contribution in [2.45, 2.75) is 37.5 Å². The molecule has 110 valence electrons. The first kappa shape index (κ1) is 16.4. The van der Waals surface area contributed by atoms with Gasteiger partial charge in [-0.3, -0.25) is 0 Å². The van der Waals surface area contributed by atoms with E-state index in [0.29, 0.717) is 9.18 Å². The van der Waals surface area contributed by atoms with Gasteiger partial charge in [-0.1, -0.05) is 0 Å². The fourth-order valence-corrected chi connectivity index (χ4v) is 4.49. The molecule has 1 heterocycles. The molecule has 0 radical (unpaired) electrons. The lowest BCUT2D eigenvalue weighted by atomic mass is 10.4. The van der Waals surface area contributed by atoms with Crippen molar-refractivity contribution in [1.29, 1.82) is 0 Å². The Labute approximate surface area is 114 Å². The van der Waals surface area contributed by atoms with E-state index >= 15 is 0 Å². The summed E-state index contributed by atoms with van der Waals surface area (Å²) < 4.78 is 62.5. The SMILES string of the molecule is CC(C)N(CC(F)(F)F)S(=O)(=O)c1ccsc1CN. The predicted octanol–water partition coefficient (Wildman–Crippen LogP) is 2.17. The summed E-state index contributed by atoms with van der Waals surface area (Å²) in [4.78, 5) is 0.214. The summed E-state index contributed by atoms with van der Waals surface area (Å²) in [7, 11) is -4.19. The van der Waals surface area contributed by atoms with Crippen molar-refractivity contribution < 1.29 is 21.6 Å². The van der Waals surface area contributed by atoms with Gasteiger partial charge in [0, 0.05) is 17.5 Å². The molecule has 2 N–H and O–H groups in total. The molecular weight excluding hydrogens is 301 g/mol. The Bertz CT molecular complexity index is 523. The highest BCUT2D eigenvalue weighted by molar-refractivity contribution is 7.89. The minimum atomic E-state index is -4.59. The molecule has 0 aromatic carbocycles. The summed E-state index contributed by atoms with van der Waals surface area (Å²) in [5.74, 6) is 0. The third kappa shape index (κ3) is 3.91. The second kappa shape index (κ2) is 5.78. The Hall–Kier alpha value is -0.640. The first-order valence-electron chi connectivity index (χ1n) is 5.44. The molecule has 4 nitrogen and oxygen atoms in total. The highest BCUT2D eigenvalue weighted by atomic mass is 32.2. The second-order valence-corrected chi connectivity index (χ2v) is 7.03. The number of hydrogen-bond acceptors (Lipinski definition) is 4. The van der Waals surface area contributed by atoms with Crippen molar-refractivity contribution in [2.24, 2.45) is 5.73 Å². The van der Waals surface area contributed by atoms with Gasteiger partial charge in [-0.15, -0.1) is 11.3 Å². The summed E-state index contributed by atoms with van der Waals surface area (Å²) >= 11 is 1.11. The number of sulfonamides is 1. The van der Waals surface area contributed by atoms with Gasteiger partial charge in [-0.05, 0) is 25.3 Å². The third-order valence-electron chi connectivity index (χ3n) is 2.39. The molecule has 0 saturated heterocycles. The van der Waals surface area contributed by atoms with Gasteiger partial charge in [0.2, 0.25) is 10.0 Å².